The van der Waals surface area contributed by atoms with Crippen molar-refractivity contribution >= 4 is 15.9 Å². The zero-order valence-electron chi connectivity index (χ0n) is 18.0. The summed E-state index contributed by atoms with van der Waals surface area (Å²) in [6.45, 7) is 13.5. The zero-order valence-corrected chi connectivity index (χ0v) is 18.8. The molecule has 0 N–H and O–H groups in total. The molecule has 0 unspecified atom stereocenters. The monoisotopic (exact) mass is 412 g/mol. The molecule has 28 heavy (non-hydrogen) atoms. The van der Waals surface area contributed by atoms with Crippen molar-refractivity contribution in [2.75, 3.05) is 45.8 Å². The number of rotatable bonds is 10. The Bertz CT molecular complexity index is 748. The molecule has 1 aliphatic heterocycles. The van der Waals surface area contributed by atoms with E-state index in [2.05, 4.69) is 32.6 Å². The summed E-state index contributed by atoms with van der Waals surface area (Å²) >= 11 is 0. The van der Waals surface area contributed by atoms with E-state index < -0.39 is 10.0 Å². The van der Waals surface area contributed by atoms with Crippen LogP contribution >= 0.6 is 0 Å². The van der Waals surface area contributed by atoms with Crippen LogP contribution < -0.4 is 0 Å². The minimum Gasteiger partial charge on any atom is -0.345 e. The highest BCUT2D eigenvalue weighted by molar-refractivity contribution is 7.89. The van der Waals surface area contributed by atoms with Gasteiger partial charge in [0.15, 0.2) is 0 Å². The highest BCUT2D eigenvalue weighted by Crippen LogP contribution is 2.23. The van der Waals surface area contributed by atoms with Gasteiger partial charge in [-0.3, -0.25) is 4.79 Å². The average molecular weight is 413 g/mol. The molecule has 0 bridgehead atoms. The van der Waals surface area contributed by atoms with Gasteiger partial charge in [0.1, 0.15) is 10.6 Å². The maximum absolute atomic E-state index is 13.2. The molecule has 0 spiro atoms. The summed E-state index contributed by atoms with van der Waals surface area (Å²) in [5.74, 6) is 0.236. The van der Waals surface area contributed by atoms with Crippen LogP contribution in [0, 0.1) is 5.92 Å². The number of aryl methyl sites for hydroxylation is 1. The van der Waals surface area contributed by atoms with Crippen molar-refractivity contribution in [3.05, 3.63) is 18.0 Å². The molecule has 1 aromatic heterocycles. The minimum absolute atomic E-state index is 0.105. The van der Waals surface area contributed by atoms with E-state index >= 15 is 0 Å². The van der Waals surface area contributed by atoms with Crippen LogP contribution in [0.15, 0.2) is 17.2 Å². The second-order valence-electron chi connectivity index (χ2n) is 7.96. The molecule has 2 rings (SSSR count). The molecule has 0 aliphatic carbocycles. The van der Waals surface area contributed by atoms with Crippen molar-refractivity contribution in [1.29, 1.82) is 0 Å². The number of likely N-dealkylation sites (N-methyl/N-ethyl adjacent to an activating group) is 1. The van der Waals surface area contributed by atoms with E-state index in [4.69, 9.17) is 0 Å². The first-order valence-electron chi connectivity index (χ1n) is 10.4. The van der Waals surface area contributed by atoms with Crippen LogP contribution in [0.2, 0.25) is 0 Å². The Hall–Kier alpha value is -1.38. The SMILES string of the molecule is CCN(CC)CCN(CC(C)C)C(=O)c1cc(S(=O)(=O)N2CCCC2)cn1C. The summed E-state index contributed by atoms with van der Waals surface area (Å²) in [5.41, 5.74) is 0.429. The van der Waals surface area contributed by atoms with Gasteiger partial charge in [0, 0.05) is 46.0 Å². The number of sulfonamides is 1. The molecule has 0 atom stereocenters. The Morgan fingerprint density at radius 2 is 1.75 bits per heavy atom. The Morgan fingerprint density at radius 3 is 2.29 bits per heavy atom. The Labute approximate surface area is 170 Å². The number of carbonyl (C=O) groups is 1. The number of hydrogen-bond donors (Lipinski definition) is 0. The van der Waals surface area contributed by atoms with Crippen LogP contribution in [0.4, 0.5) is 0 Å². The smallest absolute Gasteiger partial charge is 0.270 e. The third-order valence-corrected chi connectivity index (χ3v) is 7.22. The van der Waals surface area contributed by atoms with Crippen LogP contribution in [-0.4, -0.2) is 78.8 Å². The molecule has 1 aromatic rings. The zero-order chi connectivity index (χ0) is 20.9. The van der Waals surface area contributed by atoms with Gasteiger partial charge in [-0.1, -0.05) is 27.7 Å². The predicted octanol–water partition coefficient (Wildman–Crippen LogP) is 2.25. The number of aromatic nitrogens is 1. The summed E-state index contributed by atoms with van der Waals surface area (Å²) in [6, 6.07) is 1.54. The predicted molar refractivity (Wildman–Crippen MR) is 112 cm³/mol. The lowest BCUT2D eigenvalue weighted by atomic mass is 10.2. The van der Waals surface area contributed by atoms with Gasteiger partial charge in [-0.2, -0.15) is 4.31 Å². The lowest BCUT2D eigenvalue weighted by molar-refractivity contribution is 0.0707. The number of hydrogen-bond acceptors (Lipinski definition) is 4. The molecule has 1 amide bonds. The third-order valence-electron chi connectivity index (χ3n) is 5.36. The van der Waals surface area contributed by atoms with Gasteiger partial charge in [0.25, 0.3) is 5.91 Å². The molecule has 8 heteroatoms. The number of amides is 1. The van der Waals surface area contributed by atoms with Crippen LogP contribution in [0.5, 0.6) is 0 Å². The lowest BCUT2D eigenvalue weighted by Crippen LogP contribution is -2.41. The highest BCUT2D eigenvalue weighted by Gasteiger charge is 2.30. The fourth-order valence-corrected chi connectivity index (χ4v) is 5.23. The molecular formula is C20H36N4O3S. The Morgan fingerprint density at radius 1 is 1.14 bits per heavy atom. The van der Waals surface area contributed by atoms with E-state index in [0.29, 0.717) is 37.8 Å². The van der Waals surface area contributed by atoms with E-state index in [1.807, 2.05) is 4.90 Å². The molecule has 2 heterocycles. The normalized spacial score (nSPS) is 15.7. The van der Waals surface area contributed by atoms with Crippen LogP contribution in [0.3, 0.4) is 0 Å². The van der Waals surface area contributed by atoms with E-state index in [9.17, 15) is 13.2 Å². The van der Waals surface area contributed by atoms with Crippen LogP contribution in [0.25, 0.3) is 0 Å². The standard InChI is InChI=1S/C20H36N4O3S/c1-6-22(7-2)12-13-23(15-17(3)4)20(25)19-14-18(16-21(19)5)28(26,27)24-10-8-9-11-24/h14,16-17H,6-13,15H2,1-5H3. The van der Waals surface area contributed by atoms with Crippen molar-refractivity contribution in [3.63, 3.8) is 0 Å². The van der Waals surface area contributed by atoms with Gasteiger partial charge in [0.05, 0.1) is 0 Å². The van der Waals surface area contributed by atoms with Crippen molar-refractivity contribution in [2.45, 2.75) is 45.4 Å². The highest BCUT2D eigenvalue weighted by atomic mass is 32.2. The fourth-order valence-electron chi connectivity index (χ4n) is 3.65. The second kappa shape index (κ2) is 9.89. The fraction of sp³-hybridized carbons (Fsp3) is 0.750. The van der Waals surface area contributed by atoms with E-state index in [-0.39, 0.29) is 10.8 Å². The first-order valence-corrected chi connectivity index (χ1v) is 11.8. The van der Waals surface area contributed by atoms with Crippen LogP contribution in [0.1, 0.15) is 51.0 Å². The maximum Gasteiger partial charge on any atom is 0.270 e. The Balaban J connectivity index is 2.22. The second-order valence-corrected chi connectivity index (χ2v) is 9.89. The van der Waals surface area contributed by atoms with E-state index in [1.165, 1.54) is 4.31 Å². The van der Waals surface area contributed by atoms with Gasteiger partial charge >= 0.3 is 0 Å². The summed E-state index contributed by atoms with van der Waals surface area (Å²) in [4.78, 5) is 17.6. The van der Waals surface area contributed by atoms with E-state index in [0.717, 1.165) is 32.5 Å². The average Bonchev–Trinajstić information content (AvgIpc) is 3.31. The van der Waals surface area contributed by atoms with Crippen molar-refractivity contribution in [2.24, 2.45) is 13.0 Å². The quantitative estimate of drug-likeness (QED) is 0.591. The summed E-state index contributed by atoms with van der Waals surface area (Å²) in [5, 5.41) is 0. The number of nitrogens with zero attached hydrogens (tertiary/aromatic N) is 4. The molecule has 7 nitrogen and oxygen atoms in total. The van der Waals surface area contributed by atoms with Crippen LogP contribution in [-0.2, 0) is 17.1 Å². The van der Waals surface area contributed by atoms with Gasteiger partial charge < -0.3 is 14.4 Å². The largest absolute Gasteiger partial charge is 0.345 e. The molecule has 0 saturated carbocycles. The van der Waals surface area contributed by atoms with Gasteiger partial charge in [-0.05, 0) is 37.9 Å². The van der Waals surface area contributed by atoms with E-state index in [1.54, 1.807) is 23.9 Å². The van der Waals surface area contributed by atoms with Gasteiger partial charge in [0.2, 0.25) is 10.0 Å². The van der Waals surface area contributed by atoms with Crippen molar-refractivity contribution in [3.8, 4) is 0 Å². The molecule has 1 fully saturated rings. The van der Waals surface area contributed by atoms with Gasteiger partial charge in [-0.15, -0.1) is 0 Å². The molecule has 0 aromatic carbocycles. The first-order chi connectivity index (χ1) is 13.2. The molecule has 1 saturated heterocycles. The summed E-state index contributed by atoms with van der Waals surface area (Å²) in [6.07, 6.45) is 3.36. The minimum atomic E-state index is -3.52. The molecule has 1 aliphatic rings. The third kappa shape index (κ3) is 5.36. The first kappa shape index (κ1) is 22.9. The summed E-state index contributed by atoms with van der Waals surface area (Å²) < 4.78 is 28.9. The molecule has 0 radical (unpaired) electrons. The Kier molecular flexibility index (Phi) is 8.09. The van der Waals surface area contributed by atoms with Gasteiger partial charge in [-0.25, -0.2) is 8.42 Å². The summed E-state index contributed by atoms with van der Waals surface area (Å²) in [7, 11) is -1.78. The molecular weight excluding hydrogens is 376 g/mol. The number of carbonyl (C=O) groups excluding carboxylic acids is 1. The lowest BCUT2D eigenvalue weighted by Gasteiger charge is -2.28. The van der Waals surface area contributed by atoms with Crippen molar-refractivity contribution < 1.29 is 13.2 Å². The molecule has 160 valence electrons. The maximum atomic E-state index is 13.2. The topological polar surface area (TPSA) is 65.9 Å². The van der Waals surface area contributed by atoms with Crippen molar-refractivity contribution in [1.82, 2.24) is 18.7 Å².